The maximum atomic E-state index is 13.6. The van der Waals surface area contributed by atoms with Crippen LogP contribution in [0.3, 0.4) is 0 Å². The summed E-state index contributed by atoms with van der Waals surface area (Å²) in [5, 5.41) is 2.33. The van der Waals surface area contributed by atoms with Gasteiger partial charge >= 0.3 is 0 Å². The van der Waals surface area contributed by atoms with Crippen LogP contribution < -0.4 is 9.96 Å². The highest BCUT2D eigenvalue weighted by atomic mass is 35.5. The molecule has 3 aromatic rings. The fourth-order valence-corrected chi connectivity index (χ4v) is 4.67. The Labute approximate surface area is 196 Å². The molecule has 3 unspecified atom stereocenters. The first-order valence-electron chi connectivity index (χ1n) is 10.4. The van der Waals surface area contributed by atoms with Crippen molar-refractivity contribution in [1.82, 2.24) is 0 Å². The van der Waals surface area contributed by atoms with Gasteiger partial charge in [-0.25, -0.2) is 9.96 Å². The van der Waals surface area contributed by atoms with Crippen LogP contribution in [-0.4, -0.2) is 17.9 Å². The lowest BCUT2D eigenvalue weighted by molar-refractivity contribution is -0.126. The molecule has 3 atom stereocenters. The van der Waals surface area contributed by atoms with Crippen LogP contribution in [0.4, 0.5) is 11.4 Å². The molecule has 0 aromatic heterocycles. The summed E-state index contributed by atoms with van der Waals surface area (Å²) in [6.07, 6.45) is -0.00804. The van der Waals surface area contributed by atoms with Gasteiger partial charge in [0, 0.05) is 0 Å². The average molecular weight is 467 g/mol. The Bertz CT molecular complexity index is 1180. The normalized spacial score (nSPS) is 22.5. The predicted molar refractivity (Wildman–Crippen MR) is 125 cm³/mol. The molecule has 0 radical (unpaired) electrons. The number of hydrogen-bond donors (Lipinski definition) is 0. The first kappa shape index (κ1) is 21.0. The topological polar surface area (TPSA) is 49.9 Å². The summed E-state index contributed by atoms with van der Waals surface area (Å²) in [4.78, 5) is 34.2. The minimum atomic E-state index is -0.923. The number of carbonyl (C=O) groups excluding carboxylic acids is 2. The van der Waals surface area contributed by atoms with Crippen molar-refractivity contribution in [2.24, 2.45) is 5.92 Å². The molecule has 0 saturated carbocycles. The molecule has 2 aliphatic rings. The highest BCUT2D eigenvalue weighted by Crippen LogP contribution is 2.47. The molecule has 2 heterocycles. The van der Waals surface area contributed by atoms with Crippen LogP contribution in [0.15, 0.2) is 72.8 Å². The third kappa shape index (κ3) is 3.37. The molecule has 0 spiro atoms. The number of para-hydroxylation sites is 1. The van der Waals surface area contributed by atoms with E-state index in [-0.39, 0.29) is 10.9 Å². The van der Waals surface area contributed by atoms with Crippen LogP contribution in [-0.2, 0) is 20.8 Å². The standard InChI is InChI=1S/C25H20Cl2N2O3/c1-2-15-8-10-16(11-9-15)22-21-23(32-29(22)17-6-4-3-5-7-17)25(31)28(24(21)30)18-12-13-19(26)20(27)14-18/h3-14,21-23H,2H2,1H3. The first-order chi connectivity index (χ1) is 15.5. The Hall–Kier alpha value is -2.86. The van der Waals surface area contributed by atoms with Crippen molar-refractivity contribution in [2.45, 2.75) is 25.5 Å². The molecular weight excluding hydrogens is 447 g/mol. The molecule has 5 nitrogen and oxygen atoms in total. The van der Waals surface area contributed by atoms with Crippen molar-refractivity contribution < 1.29 is 14.4 Å². The van der Waals surface area contributed by atoms with Gasteiger partial charge in [-0.2, -0.15) is 0 Å². The lowest BCUT2D eigenvalue weighted by Crippen LogP contribution is -2.37. The SMILES string of the molecule is CCc1ccc(C2C3C(=O)N(c4ccc(Cl)c(Cl)c4)C(=O)C3ON2c2ccccc2)cc1. The number of nitrogens with zero attached hydrogens (tertiary/aromatic N) is 2. The highest BCUT2D eigenvalue weighted by Gasteiger charge is 2.60. The Balaban J connectivity index is 1.57. The number of halogens is 2. The molecular formula is C25H20Cl2N2O3. The molecule has 5 rings (SSSR count). The number of rotatable bonds is 4. The van der Waals surface area contributed by atoms with E-state index in [0.29, 0.717) is 10.7 Å². The fraction of sp³-hybridized carbons (Fsp3) is 0.200. The molecule has 2 amide bonds. The molecule has 0 N–H and O–H groups in total. The van der Waals surface area contributed by atoms with Gasteiger partial charge in [0.15, 0.2) is 6.10 Å². The summed E-state index contributed by atoms with van der Waals surface area (Å²) >= 11 is 12.2. The fourth-order valence-electron chi connectivity index (χ4n) is 4.38. The van der Waals surface area contributed by atoms with Crippen LogP contribution >= 0.6 is 23.2 Å². The predicted octanol–water partition coefficient (Wildman–Crippen LogP) is 5.61. The number of imide groups is 1. The average Bonchev–Trinajstić information content (AvgIpc) is 3.32. The highest BCUT2D eigenvalue weighted by molar-refractivity contribution is 6.42. The van der Waals surface area contributed by atoms with Gasteiger partial charge in [-0.05, 0) is 47.9 Å². The number of hydroxylamine groups is 1. The van der Waals surface area contributed by atoms with E-state index in [1.165, 1.54) is 11.6 Å². The Morgan fingerprint density at radius 1 is 0.844 bits per heavy atom. The van der Waals surface area contributed by atoms with Crippen molar-refractivity contribution in [3.8, 4) is 0 Å². The van der Waals surface area contributed by atoms with Gasteiger partial charge in [-0.1, -0.05) is 72.6 Å². The first-order valence-corrected chi connectivity index (χ1v) is 11.2. The monoisotopic (exact) mass is 466 g/mol. The lowest BCUT2D eigenvalue weighted by Gasteiger charge is -2.29. The Morgan fingerprint density at radius 3 is 2.22 bits per heavy atom. The summed E-state index contributed by atoms with van der Waals surface area (Å²) in [6.45, 7) is 2.09. The van der Waals surface area contributed by atoms with E-state index < -0.39 is 24.0 Å². The largest absolute Gasteiger partial charge is 0.273 e. The summed E-state index contributed by atoms with van der Waals surface area (Å²) in [5.74, 6) is -1.42. The summed E-state index contributed by atoms with van der Waals surface area (Å²) in [6, 6.07) is 21.9. The number of amides is 2. The van der Waals surface area contributed by atoms with E-state index in [4.69, 9.17) is 28.0 Å². The van der Waals surface area contributed by atoms with Crippen LogP contribution in [0.5, 0.6) is 0 Å². The molecule has 0 bridgehead atoms. The van der Waals surface area contributed by atoms with Crippen molar-refractivity contribution >= 4 is 46.4 Å². The molecule has 32 heavy (non-hydrogen) atoms. The van der Waals surface area contributed by atoms with Gasteiger partial charge in [0.2, 0.25) is 5.91 Å². The lowest BCUT2D eigenvalue weighted by atomic mass is 9.90. The number of carbonyl (C=O) groups is 2. The third-order valence-corrected chi connectivity index (χ3v) is 6.76. The minimum absolute atomic E-state index is 0.278. The molecule has 7 heteroatoms. The summed E-state index contributed by atoms with van der Waals surface area (Å²) in [7, 11) is 0. The minimum Gasteiger partial charge on any atom is -0.273 e. The van der Waals surface area contributed by atoms with E-state index in [1.807, 2.05) is 54.6 Å². The molecule has 2 aliphatic heterocycles. The summed E-state index contributed by atoms with van der Waals surface area (Å²) < 4.78 is 0. The second-order valence-corrected chi connectivity index (χ2v) is 8.68. The van der Waals surface area contributed by atoms with Gasteiger partial charge in [-0.3, -0.25) is 14.4 Å². The number of anilines is 2. The summed E-state index contributed by atoms with van der Waals surface area (Å²) in [5.41, 5.74) is 3.28. The number of hydrogen-bond acceptors (Lipinski definition) is 4. The van der Waals surface area contributed by atoms with Crippen LogP contribution in [0, 0.1) is 5.92 Å². The molecule has 2 saturated heterocycles. The maximum Gasteiger partial charge on any atom is 0.266 e. The van der Waals surface area contributed by atoms with Gasteiger partial charge in [0.1, 0.15) is 5.92 Å². The van der Waals surface area contributed by atoms with Crippen LogP contribution in [0.1, 0.15) is 24.1 Å². The Morgan fingerprint density at radius 2 is 1.56 bits per heavy atom. The number of aryl methyl sites for hydroxylation is 1. The van der Waals surface area contributed by atoms with Crippen molar-refractivity contribution in [2.75, 3.05) is 9.96 Å². The molecule has 162 valence electrons. The maximum absolute atomic E-state index is 13.6. The van der Waals surface area contributed by atoms with Crippen molar-refractivity contribution in [3.63, 3.8) is 0 Å². The van der Waals surface area contributed by atoms with E-state index in [1.54, 1.807) is 17.2 Å². The van der Waals surface area contributed by atoms with Gasteiger partial charge in [0.05, 0.1) is 27.5 Å². The van der Waals surface area contributed by atoms with E-state index >= 15 is 0 Å². The molecule has 2 fully saturated rings. The van der Waals surface area contributed by atoms with Gasteiger partial charge in [0.25, 0.3) is 5.91 Å². The molecule has 3 aromatic carbocycles. The zero-order chi connectivity index (χ0) is 22.4. The van der Waals surface area contributed by atoms with E-state index in [0.717, 1.165) is 22.6 Å². The number of fused-ring (bicyclic) bond motifs is 1. The van der Waals surface area contributed by atoms with E-state index in [9.17, 15) is 9.59 Å². The van der Waals surface area contributed by atoms with Gasteiger partial charge in [-0.15, -0.1) is 0 Å². The van der Waals surface area contributed by atoms with Crippen molar-refractivity contribution in [3.05, 3.63) is 94.0 Å². The molecule has 0 aliphatic carbocycles. The second-order valence-electron chi connectivity index (χ2n) is 7.86. The number of benzene rings is 3. The smallest absolute Gasteiger partial charge is 0.266 e. The van der Waals surface area contributed by atoms with Gasteiger partial charge < -0.3 is 0 Å². The zero-order valence-corrected chi connectivity index (χ0v) is 18.8. The van der Waals surface area contributed by atoms with E-state index in [2.05, 4.69) is 6.92 Å². The van der Waals surface area contributed by atoms with Crippen LogP contribution in [0.2, 0.25) is 10.0 Å². The second kappa shape index (κ2) is 8.24. The third-order valence-electron chi connectivity index (χ3n) is 6.02. The quantitative estimate of drug-likeness (QED) is 0.469. The zero-order valence-electron chi connectivity index (χ0n) is 17.2. The van der Waals surface area contributed by atoms with Crippen molar-refractivity contribution in [1.29, 1.82) is 0 Å². The Kier molecular flexibility index (Phi) is 5.41. The van der Waals surface area contributed by atoms with Crippen LogP contribution in [0.25, 0.3) is 0 Å².